The van der Waals surface area contributed by atoms with E-state index in [2.05, 4.69) is 4.72 Å². The van der Waals surface area contributed by atoms with Crippen LogP contribution in [0.4, 0.5) is 0 Å². The van der Waals surface area contributed by atoms with Crippen molar-refractivity contribution in [2.24, 2.45) is 0 Å². The fraction of sp³-hybridized carbons (Fsp3) is 0.500. The highest BCUT2D eigenvalue weighted by atomic mass is 35.5. The maximum atomic E-state index is 12.2. The highest BCUT2D eigenvalue weighted by Crippen LogP contribution is 2.31. The van der Waals surface area contributed by atoms with E-state index in [4.69, 9.17) is 11.6 Å². The lowest BCUT2D eigenvalue weighted by molar-refractivity contribution is -0.0270. The van der Waals surface area contributed by atoms with Gasteiger partial charge in [0.15, 0.2) is 9.84 Å². The van der Waals surface area contributed by atoms with Gasteiger partial charge in [-0.15, -0.1) is 0 Å². The van der Waals surface area contributed by atoms with E-state index >= 15 is 0 Å². The van der Waals surface area contributed by atoms with Crippen molar-refractivity contribution in [1.82, 2.24) is 4.72 Å². The van der Waals surface area contributed by atoms with Crippen LogP contribution < -0.4 is 4.72 Å². The first-order valence-electron chi connectivity index (χ1n) is 6.25. The summed E-state index contributed by atoms with van der Waals surface area (Å²) in [5, 5.41) is 9.84. The Bertz CT molecular complexity index is 754. The molecule has 0 bridgehead atoms. The van der Waals surface area contributed by atoms with Crippen molar-refractivity contribution in [2.75, 3.05) is 12.8 Å². The third-order valence-corrected chi connectivity index (χ3v) is 6.49. The van der Waals surface area contributed by atoms with Crippen LogP contribution in [0.5, 0.6) is 0 Å². The fourth-order valence-corrected chi connectivity index (χ4v) is 4.35. The molecule has 118 valence electrons. The molecule has 1 aliphatic carbocycles. The molecule has 9 heteroatoms. The van der Waals surface area contributed by atoms with Crippen molar-refractivity contribution in [3.8, 4) is 0 Å². The van der Waals surface area contributed by atoms with Crippen LogP contribution in [0.1, 0.15) is 19.3 Å². The van der Waals surface area contributed by atoms with Crippen LogP contribution in [0.2, 0.25) is 5.02 Å². The Morgan fingerprint density at radius 2 is 1.90 bits per heavy atom. The van der Waals surface area contributed by atoms with Crippen molar-refractivity contribution in [1.29, 1.82) is 0 Å². The molecule has 1 aromatic carbocycles. The molecule has 0 unspecified atom stereocenters. The number of sulfonamides is 1. The maximum absolute atomic E-state index is 12.2. The zero-order chi connectivity index (χ0) is 15.9. The standard InChI is InChI=1S/C12H16ClNO5S2/c1-20(16,17)9-3-4-10(13)11(7-9)21(18,19)14-8-12(15)5-2-6-12/h3-4,7,14-15H,2,5-6,8H2,1H3. The summed E-state index contributed by atoms with van der Waals surface area (Å²) in [6.07, 6.45) is 2.90. The van der Waals surface area contributed by atoms with Crippen molar-refractivity contribution in [3.05, 3.63) is 23.2 Å². The number of hydrogen-bond donors (Lipinski definition) is 2. The lowest BCUT2D eigenvalue weighted by atomic mass is 9.81. The van der Waals surface area contributed by atoms with E-state index in [1.165, 1.54) is 12.1 Å². The fourth-order valence-electron chi connectivity index (χ4n) is 1.99. The summed E-state index contributed by atoms with van der Waals surface area (Å²) in [7, 11) is -7.53. The average molecular weight is 354 g/mol. The number of halogens is 1. The summed E-state index contributed by atoms with van der Waals surface area (Å²) in [6, 6.07) is 3.49. The Balaban J connectivity index is 2.31. The summed E-state index contributed by atoms with van der Waals surface area (Å²) in [4.78, 5) is -0.440. The minimum atomic E-state index is -3.99. The Kier molecular flexibility index (Phi) is 4.38. The molecular weight excluding hydrogens is 338 g/mol. The van der Waals surface area contributed by atoms with Gasteiger partial charge >= 0.3 is 0 Å². The van der Waals surface area contributed by atoms with Gasteiger partial charge in [0, 0.05) is 12.8 Å². The van der Waals surface area contributed by atoms with E-state index in [0.29, 0.717) is 12.8 Å². The number of hydrogen-bond acceptors (Lipinski definition) is 5. The smallest absolute Gasteiger partial charge is 0.242 e. The first-order chi connectivity index (χ1) is 9.54. The van der Waals surface area contributed by atoms with Crippen molar-refractivity contribution >= 4 is 31.5 Å². The maximum Gasteiger partial charge on any atom is 0.242 e. The van der Waals surface area contributed by atoms with Gasteiger partial charge in [0.2, 0.25) is 10.0 Å². The molecule has 2 rings (SSSR count). The average Bonchev–Trinajstić information content (AvgIpc) is 2.33. The van der Waals surface area contributed by atoms with E-state index < -0.39 is 25.5 Å². The van der Waals surface area contributed by atoms with Crippen LogP contribution in [0, 0.1) is 0 Å². The molecule has 1 aromatic rings. The number of benzene rings is 1. The van der Waals surface area contributed by atoms with Crippen LogP contribution in [-0.4, -0.2) is 40.3 Å². The molecule has 2 N–H and O–H groups in total. The van der Waals surface area contributed by atoms with Crippen LogP contribution >= 0.6 is 11.6 Å². The number of rotatable bonds is 5. The predicted octanol–water partition coefficient (Wildman–Crippen LogP) is 0.937. The zero-order valence-corrected chi connectivity index (χ0v) is 13.7. The van der Waals surface area contributed by atoms with E-state index in [0.717, 1.165) is 18.7 Å². The Morgan fingerprint density at radius 1 is 1.29 bits per heavy atom. The first-order valence-corrected chi connectivity index (χ1v) is 10.0. The lowest BCUT2D eigenvalue weighted by Crippen LogP contribution is -2.47. The van der Waals surface area contributed by atoms with Crippen LogP contribution in [-0.2, 0) is 19.9 Å². The molecule has 0 atom stereocenters. The molecule has 0 aromatic heterocycles. The van der Waals surface area contributed by atoms with E-state index in [9.17, 15) is 21.9 Å². The van der Waals surface area contributed by atoms with Crippen LogP contribution in [0.15, 0.2) is 28.0 Å². The molecule has 0 heterocycles. The molecule has 1 fully saturated rings. The largest absolute Gasteiger partial charge is 0.389 e. The van der Waals surface area contributed by atoms with E-state index in [1.54, 1.807) is 0 Å². The van der Waals surface area contributed by atoms with Crippen molar-refractivity contribution < 1.29 is 21.9 Å². The summed E-state index contributed by atoms with van der Waals surface area (Å²) in [5.74, 6) is 0. The Hall–Kier alpha value is -0.670. The van der Waals surface area contributed by atoms with Gasteiger partial charge in [0.25, 0.3) is 0 Å². The number of sulfone groups is 1. The Labute approximate surface area is 129 Å². The SMILES string of the molecule is CS(=O)(=O)c1ccc(Cl)c(S(=O)(=O)NCC2(O)CCC2)c1. The molecule has 1 aliphatic rings. The topological polar surface area (TPSA) is 101 Å². The van der Waals surface area contributed by atoms with Gasteiger partial charge in [-0.1, -0.05) is 11.6 Å². The van der Waals surface area contributed by atoms with Crippen molar-refractivity contribution in [2.45, 2.75) is 34.7 Å². The van der Waals surface area contributed by atoms with E-state index in [-0.39, 0.29) is 21.4 Å². The number of aliphatic hydroxyl groups is 1. The van der Waals surface area contributed by atoms with Crippen molar-refractivity contribution in [3.63, 3.8) is 0 Å². The minimum absolute atomic E-state index is 0.0736. The summed E-state index contributed by atoms with van der Waals surface area (Å²) in [6.45, 7) is -0.116. The molecule has 0 aliphatic heterocycles. The molecule has 21 heavy (non-hydrogen) atoms. The van der Waals surface area contributed by atoms with Gasteiger partial charge < -0.3 is 5.11 Å². The van der Waals surface area contributed by atoms with Gasteiger partial charge in [-0.25, -0.2) is 21.6 Å². The first kappa shape index (κ1) is 16.7. The molecule has 0 amide bonds. The normalized spacial score (nSPS) is 18.2. The van der Waals surface area contributed by atoms with Gasteiger partial charge in [0.05, 0.1) is 15.5 Å². The van der Waals surface area contributed by atoms with Gasteiger partial charge in [-0.05, 0) is 37.5 Å². The Morgan fingerprint density at radius 3 is 2.38 bits per heavy atom. The third-order valence-electron chi connectivity index (χ3n) is 3.50. The molecule has 0 radical (unpaired) electrons. The molecule has 1 saturated carbocycles. The highest BCUT2D eigenvalue weighted by Gasteiger charge is 2.35. The zero-order valence-electron chi connectivity index (χ0n) is 11.3. The quantitative estimate of drug-likeness (QED) is 0.820. The van der Waals surface area contributed by atoms with Crippen LogP contribution in [0.3, 0.4) is 0 Å². The second-order valence-corrected chi connectivity index (χ2v) is 9.43. The third kappa shape index (κ3) is 3.75. The molecule has 0 saturated heterocycles. The molecule has 6 nitrogen and oxygen atoms in total. The second kappa shape index (κ2) is 5.51. The highest BCUT2D eigenvalue weighted by molar-refractivity contribution is 7.91. The van der Waals surface area contributed by atoms with Gasteiger partial charge in [-0.2, -0.15) is 0 Å². The summed E-state index contributed by atoms with van der Waals surface area (Å²) < 4.78 is 49.7. The minimum Gasteiger partial charge on any atom is -0.389 e. The number of nitrogens with one attached hydrogen (secondary N) is 1. The van der Waals surface area contributed by atoms with Gasteiger partial charge in [0.1, 0.15) is 4.90 Å². The molecule has 0 spiro atoms. The van der Waals surface area contributed by atoms with Crippen LogP contribution in [0.25, 0.3) is 0 Å². The predicted molar refractivity (Wildman–Crippen MR) is 78.6 cm³/mol. The summed E-state index contributed by atoms with van der Waals surface area (Å²) >= 11 is 5.85. The summed E-state index contributed by atoms with van der Waals surface area (Å²) in [5.41, 5.74) is -1.02. The second-order valence-electron chi connectivity index (χ2n) is 5.27. The van der Waals surface area contributed by atoms with Gasteiger partial charge in [-0.3, -0.25) is 0 Å². The van der Waals surface area contributed by atoms with E-state index in [1.807, 2.05) is 0 Å². The monoisotopic (exact) mass is 353 g/mol. The lowest BCUT2D eigenvalue weighted by Gasteiger charge is -2.36. The molecular formula is C12H16ClNO5S2.